The summed E-state index contributed by atoms with van der Waals surface area (Å²) in [6.07, 6.45) is 2.87. The van der Waals surface area contributed by atoms with Crippen LogP contribution in [0.15, 0.2) is 12.7 Å². The van der Waals surface area contributed by atoms with Crippen molar-refractivity contribution < 1.29 is 28.0 Å². The van der Waals surface area contributed by atoms with Gasteiger partial charge in [0, 0.05) is 12.8 Å². The standard InChI is InChI=1S/C14H18N5O6P/c1-2-3-10(20)18-13-12-14(16-6-15-13)19(7-17-12)11-4-8-9(24-11)5-23-26(21,22)25-8/h6-9,11H,2-5H2,1H3,(H,21,22)(H,15,16,18,20)/t8-,9+,11-/m0/s1. The molecule has 0 radical (unpaired) electrons. The number of carbonyl (C=O) groups excluding carboxylic acids is 1. The van der Waals surface area contributed by atoms with Gasteiger partial charge in [-0.25, -0.2) is 19.5 Å². The largest absolute Gasteiger partial charge is 0.472 e. The molecule has 2 aromatic heterocycles. The van der Waals surface area contributed by atoms with Crippen LogP contribution in [-0.4, -0.2) is 49.1 Å². The maximum Gasteiger partial charge on any atom is 0.472 e. The maximum absolute atomic E-state index is 11.8. The molecule has 4 atom stereocenters. The van der Waals surface area contributed by atoms with Gasteiger partial charge in [0.15, 0.2) is 17.0 Å². The number of phosphoric acid groups is 1. The highest BCUT2D eigenvalue weighted by atomic mass is 31.2. The van der Waals surface area contributed by atoms with Gasteiger partial charge < -0.3 is 14.9 Å². The Morgan fingerprint density at radius 3 is 3.08 bits per heavy atom. The Labute approximate surface area is 148 Å². The smallest absolute Gasteiger partial charge is 0.349 e. The van der Waals surface area contributed by atoms with Crippen LogP contribution in [0.1, 0.15) is 32.4 Å². The number of rotatable bonds is 4. The summed E-state index contributed by atoms with van der Waals surface area (Å²) in [7, 11) is -4.02. The Kier molecular flexibility index (Phi) is 4.49. The van der Waals surface area contributed by atoms with Gasteiger partial charge in [0.05, 0.1) is 12.9 Å². The van der Waals surface area contributed by atoms with E-state index < -0.39 is 26.3 Å². The molecular weight excluding hydrogens is 365 g/mol. The summed E-state index contributed by atoms with van der Waals surface area (Å²) in [5.74, 6) is 0.191. The first kappa shape index (κ1) is 17.5. The molecule has 1 unspecified atom stereocenters. The number of fused-ring (bicyclic) bond motifs is 2. The molecule has 11 nitrogen and oxygen atoms in total. The molecule has 0 aromatic carbocycles. The first-order chi connectivity index (χ1) is 12.5. The maximum atomic E-state index is 11.8. The molecule has 1 amide bonds. The van der Waals surface area contributed by atoms with Crippen LogP contribution in [0.3, 0.4) is 0 Å². The zero-order valence-corrected chi connectivity index (χ0v) is 14.8. The second-order valence-electron chi connectivity index (χ2n) is 6.12. The number of hydrogen-bond acceptors (Lipinski definition) is 8. The SMILES string of the molecule is CCCC(=O)Nc1ncnc2c1ncn2[C@@H]1C[C@@H]2OP(=O)(O)OC[C@H]2O1. The molecular formula is C14H18N5O6P. The number of carbonyl (C=O) groups is 1. The summed E-state index contributed by atoms with van der Waals surface area (Å²) in [6, 6.07) is 0. The fraction of sp³-hybridized carbons (Fsp3) is 0.571. The number of aromatic nitrogens is 4. The van der Waals surface area contributed by atoms with Gasteiger partial charge >= 0.3 is 7.82 Å². The third-order valence-corrected chi connectivity index (χ3v) is 5.27. The second-order valence-corrected chi connectivity index (χ2v) is 7.52. The molecule has 2 aliphatic heterocycles. The van der Waals surface area contributed by atoms with Crippen LogP contribution in [-0.2, 0) is 23.1 Å². The van der Waals surface area contributed by atoms with Crippen molar-refractivity contribution in [3.63, 3.8) is 0 Å². The molecule has 0 aliphatic carbocycles. The number of nitrogens with zero attached hydrogens (tertiary/aromatic N) is 4. The van der Waals surface area contributed by atoms with Crippen LogP contribution in [0.2, 0.25) is 0 Å². The molecule has 2 fully saturated rings. The quantitative estimate of drug-likeness (QED) is 0.750. The fourth-order valence-electron chi connectivity index (χ4n) is 3.08. The zero-order chi connectivity index (χ0) is 18.3. The number of amides is 1. The average Bonchev–Trinajstić information content (AvgIpc) is 3.17. The molecule has 0 saturated carbocycles. The number of hydrogen-bond donors (Lipinski definition) is 2. The number of phosphoric ester groups is 1. The highest BCUT2D eigenvalue weighted by molar-refractivity contribution is 7.47. The van der Waals surface area contributed by atoms with Crippen molar-refractivity contribution in [2.24, 2.45) is 0 Å². The summed E-state index contributed by atoms with van der Waals surface area (Å²) >= 11 is 0. The van der Waals surface area contributed by atoms with E-state index >= 15 is 0 Å². The summed E-state index contributed by atoms with van der Waals surface area (Å²) in [5, 5.41) is 2.73. The first-order valence-corrected chi connectivity index (χ1v) is 9.75. The monoisotopic (exact) mass is 383 g/mol. The summed E-state index contributed by atoms with van der Waals surface area (Å²) in [4.78, 5) is 33.9. The van der Waals surface area contributed by atoms with E-state index in [0.29, 0.717) is 29.8 Å². The third kappa shape index (κ3) is 3.24. The third-order valence-electron chi connectivity index (χ3n) is 4.25. The molecule has 26 heavy (non-hydrogen) atoms. The van der Waals surface area contributed by atoms with Crippen molar-refractivity contribution in [1.29, 1.82) is 0 Å². The van der Waals surface area contributed by atoms with Gasteiger partial charge in [-0.1, -0.05) is 6.92 Å². The number of nitrogens with one attached hydrogen (secondary N) is 1. The molecule has 2 aromatic rings. The van der Waals surface area contributed by atoms with Crippen molar-refractivity contribution in [2.45, 2.75) is 44.6 Å². The summed E-state index contributed by atoms with van der Waals surface area (Å²) in [5.41, 5.74) is 0.934. The zero-order valence-electron chi connectivity index (χ0n) is 13.9. The van der Waals surface area contributed by atoms with Gasteiger partial charge in [-0.05, 0) is 6.42 Å². The van der Waals surface area contributed by atoms with Crippen LogP contribution in [0.25, 0.3) is 11.2 Å². The molecule has 4 rings (SSSR count). The Morgan fingerprint density at radius 2 is 2.27 bits per heavy atom. The minimum atomic E-state index is -4.02. The predicted octanol–water partition coefficient (Wildman–Crippen LogP) is 1.37. The van der Waals surface area contributed by atoms with E-state index in [2.05, 4.69) is 20.3 Å². The van der Waals surface area contributed by atoms with Crippen molar-refractivity contribution in [2.75, 3.05) is 11.9 Å². The first-order valence-electron chi connectivity index (χ1n) is 8.25. The highest BCUT2D eigenvalue weighted by Crippen LogP contribution is 2.52. The number of imidazole rings is 1. The van der Waals surface area contributed by atoms with E-state index in [4.69, 9.17) is 13.8 Å². The van der Waals surface area contributed by atoms with Crippen LogP contribution >= 0.6 is 7.82 Å². The number of ether oxygens (including phenoxy) is 1. The predicted molar refractivity (Wildman–Crippen MR) is 88.0 cm³/mol. The Balaban J connectivity index is 1.59. The van der Waals surface area contributed by atoms with Gasteiger partial charge in [0.2, 0.25) is 5.91 Å². The van der Waals surface area contributed by atoms with Crippen molar-refractivity contribution in [3.05, 3.63) is 12.7 Å². The van der Waals surface area contributed by atoms with Crippen molar-refractivity contribution in [3.8, 4) is 0 Å². The normalized spacial score (nSPS) is 31.1. The van der Waals surface area contributed by atoms with Gasteiger partial charge in [0.1, 0.15) is 24.8 Å². The molecule has 4 heterocycles. The van der Waals surface area contributed by atoms with E-state index in [1.54, 1.807) is 4.57 Å². The topological polar surface area (TPSA) is 138 Å². The van der Waals surface area contributed by atoms with Gasteiger partial charge in [-0.3, -0.25) is 18.4 Å². The lowest BCUT2D eigenvalue weighted by atomic mass is 10.2. The van der Waals surface area contributed by atoms with Crippen LogP contribution in [0.4, 0.5) is 5.82 Å². The van der Waals surface area contributed by atoms with Gasteiger partial charge in [-0.2, -0.15) is 0 Å². The lowest BCUT2D eigenvalue weighted by Gasteiger charge is -2.26. The average molecular weight is 383 g/mol. The van der Waals surface area contributed by atoms with Crippen LogP contribution < -0.4 is 5.32 Å². The van der Waals surface area contributed by atoms with Crippen LogP contribution in [0.5, 0.6) is 0 Å². The second kappa shape index (κ2) is 6.67. The highest BCUT2D eigenvalue weighted by Gasteiger charge is 2.46. The van der Waals surface area contributed by atoms with E-state index in [-0.39, 0.29) is 12.5 Å². The molecule has 2 aliphatic rings. The molecule has 2 saturated heterocycles. The fourth-order valence-corrected chi connectivity index (χ4v) is 4.04. The van der Waals surface area contributed by atoms with Gasteiger partial charge in [0.25, 0.3) is 0 Å². The minimum absolute atomic E-state index is 0.0190. The number of anilines is 1. The summed E-state index contributed by atoms with van der Waals surface area (Å²) < 4.78 is 29.0. The Morgan fingerprint density at radius 1 is 1.42 bits per heavy atom. The van der Waals surface area contributed by atoms with Gasteiger partial charge in [-0.15, -0.1) is 0 Å². The van der Waals surface area contributed by atoms with Crippen molar-refractivity contribution >= 4 is 30.7 Å². The molecule has 0 bridgehead atoms. The van der Waals surface area contributed by atoms with E-state index in [1.807, 2.05) is 6.92 Å². The van der Waals surface area contributed by atoms with E-state index in [9.17, 15) is 14.3 Å². The molecule has 12 heteroatoms. The minimum Gasteiger partial charge on any atom is -0.349 e. The van der Waals surface area contributed by atoms with E-state index in [1.165, 1.54) is 12.7 Å². The van der Waals surface area contributed by atoms with Crippen molar-refractivity contribution in [1.82, 2.24) is 19.5 Å². The Bertz CT molecular complexity index is 888. The lowest BCUT2D eigenvalue weighted by Crippen LogP contribution is -2.32. The van der Waals surface area contributed by atoms with Crippen LogP contribution in [0, 0.1) is 0 Å². The molecule has 0 spiro atoms. The molecule has 140 valence electrons. The van der Waals surface area contributed by atoms with E-state index in [0.717, 1.165) is 6.42 Å². The summed E-state index contributed by atoms with van der Waals surface area (Å²) in [6.45, 7) is 1.90. The lowest BCUT2D eigenvalue weighted by molar-refractivity contribution is -0.116. The molecule has 2 N–H and O–H groups in total. The Hall–Kier alpha value is -1.91.